The van der Waals surface area contributed by atoms with E-state index in [1.807, 2.05) is 0 Å². The molecule has 2 nitrogen and oxygen atoms in total. The van der Waals surface area contributed by atoms with Crippen molar-refractivity contribution < 1.29 is 9.53 Å². The predicted molar refractivity (Wildman–Crippen MR) is 69.4 cm³/mol. The number of halogens is 3. The Morgan fingerprint density at radius 3 is 2.24 bits per heavy atom. The van der Waals surface area contributed by atoms with Gasteiger partial charge in [0.05, 0.1) is 0 Å². The molecule has 2 bridgehead atoms. The molecule has 0 heterocycles. The van der Waals surface area contributed by atoms with Gasteiger partial charge >= 0.3 is 5.97 Å². The molecule has 0 spiro atoms. The molecule has 17 heavy (non-hydrogen) atoms. The normalized spacial score (nSPS) is 39.4. The van der Waals surface area contributed by atoms with Crippen LogP contribution in [0.3, 0.4) is 0 Å². The maximum absolute atomic E-state index is 11.6. The molecule has 0 unspecified atom stereocenters. The van der Waals surface area contributed by atoms with Gasteiger partial charge in [-0.15, -0.1) is 0 Å². The van der Waals surface area contributed by atoms with Crippen LogP contribution in [-0.2, 0) is 9.53 Å². The average Bonchev–Trinajstić information content (AvgIpc) is 2.49. The molecule has 2 aliphatic carbocycles. The van der Waals surface area contributed by atoms with E-state index < -0.39 is 9.76 Å². The minimum absolute atomic E-state index is 0.00322. The number of carbonyl (C=O) groups excluding carboxylic acids is 1. The van der Waals surface area contributed by atoms with Gasteiger partial charge in [0.1, 0.15) is 6.10 Å². The fourth-order valence-corrected chi connectivity index (χ4v) is 3.64. The van der Waals surface area contributed by atoms with Crippen molar-refractivity contribution in [2.75, 3.05) is 0 Å². The summed E-state index contributed by atoms with van der Waals surface area (Å²) in [6, 6.07) is 0. The second kappa shape index (κ2) is 3.91. The van der Waals surface area contributed by atoms with E-state index >= 15 is 0 Å². The third kappa shape index (κ3) is 1.97. The van der Waals surface area contributed by atoms with Crippen LogP contribution >= 0.6 is 34.8 Å². The Hall–Kier alpha value is 0.340. The zero-order chi connectivity index (χ0) is 13.1. The largest absolute Gasteiger partial charge is 0.459 e. The second-order valence-electron chi connectivity index (χ2n) is 6.00. The summed E-state index contributed by atoms with van der Waals surface area (Å²) in [6.45, 7) is 6.66. The minimum atomic E-state index is -1.97. The molecule has 5 heteroatoms. The summed E-state index contributed by atoms with van der Waals surface area (Å²) >= 11 is 16.6. The molecule has 2 fully saturated rings. The Labute approximate surface area is 117 Å². The summed E-state index contributed by atoms with van der Waals surface area (Å²) in [7, 11) is 0. The van der Waals surface area contributed by atoms with E-state index in [0.29, 0.717) is 5.92 Å². The first-order valence-electron chi connectivity index (χ1n) is 5.87. The number of ether oxygens (including phenoxy) is 1. The lowest BCUT2D eigenvalue weighted by atomic mass is 9.70. The first kappa shape index (κ1) is 13.8. The van der Waals surface area contributed by atoms with E-state index in [-0.39, 0.29) is 16.9 Å². The quantitative estimate of drug-likeness (QED) is 0.538. The number of rotatable bonds is 1. The molecule has 3 atom stereocenters. The van der Waals surface area contributed by atoms with Crippen molar-refractivity contribution in [1.82, 2.24) is 0 Å². The fraction of sp³-hybridized carbons (Fsp3) is 0.917. The molecule has 0 saturated heterocycles. The maximum atomic E-state index is 11.6. The van der Waals surface area contributed by atoms with Crippen LogP contribution in [0.1, 0.15) is 40.0 Å². The summed E-state index contributed by atoms with van der Waals surface area (Å²) in [5.41, 5.74) is 0.189. The fourth-order valence-electron chi connectivity index (χ4n) is 3.50. The smallest absolute Gasteiger partial charge is 0.358 e. The van der Waals surface area contributed by atoms with Gasteiger partial charge in [0, 0.05) is 5.41 Å². The molecule has 0 aromatic rings. The van der Waals surface area contributed by atoms with Crippen LogP contribution in [0.2, 0.25) is 0 Å². The van der Waals surface area contributed by atoms with Gasteiger partial charge < -0.3 is 4.74 Å². The topological polar surface area (TPSA) is 26.3 Å². The SMILES string of the molecule is CC1(C)[C@H]2CC[C@@]1(C)[C@H](OC(=O)C(Cl)(Cl)Cl)C2. The summed E-state index contributed by atoms with van der Waals surface area (Å²) in [4.78, 5) is 11.6. The first-order valence-corrected chi connectivity index (χ1v) is 7.00. The Morgan fingerprint density at radius 1 is 1.29 bits per heavy atom. The van der Waals surface area contributed by atoms with Crippen molar-refractivity contribution in [2.45, 2.75) is 49.9 Å². The van der Waals surface area contributed by atoms with E-state index in [9.17, 15) is 4.79 Å². The van der Waals surface area contributed by atoms with Crippen LogP contribution in [-0.4, -0.2) is 15.9 Å². The minimum Gasteiger partial charge on any atom is -0.459 e. The zero-order valence-corrected chi connectivity index (χ0v) is 12.5. The first-order chi connectivity index (χ1) is 7.59. The number of hydrogen-bond donors (Lipinski definition) is 0. The van der Waals surface area contributed by atoms with E-state index in [0.717, 1.165) is 12.8 Å². The van der Waals surface area contributed by atoms with Crippen molar-refractivity contribution in [3.63, 3.8) is 0 Å². The molecule has 98 valence electrons. The van der Waals surface area contributed by atoms with Crippen LogP contribution in [0.15, 0.2) is 0 Å². The predicted octanol–water partition coefficient (Wildman–Crippen LogP) is 4.11. The zero-order valence-electron chi connectivity index (χ0n) is 10.2. The summed E-state index contributed by atoms with van der Waals surface area (Å²) < 4.78 is 3.44. The molecule has 0 aromatic carbocycles. The summed E-state index contributed by atoms with van der Waals surface area (Å²) in [5.74, 6) is -0.155. The molecule has 0 amide bonds. The molecule has 0 aromatic heterocycles. The molecule has 2 saturated carbocycles. The summed E-state index contributed by atoms with van der Waals surface area (Å²) in [6.07, 6.45) is 3.03. The van der Waals surface area contributed by atoms with Gasteiger partial charge in [0.2, 0.25) is 0 Å². The lowest BCUT2D eigenvalue weighted by Crippen LogP contribution is -2.40. The molecule has 0 N–H and O–H groups in total. The van der Waals surface area contributed by atoms with Crippen LogP contribution in [0.25, 0.3) is 0 Å². The molecular weight excluding hydrogens is 282 g/mol. The highest BCUT2D eigenvalue weighted by Crippen LogP contribution is 2.66. The van der Waals surface area contributed by atoms with E-state index in [2.05, 4.69) is 20.8 Å². The van der Waals surface area contributed by atoms with E-state index in [1.54, 1.807) is 0 Å². The van der Waals surface area contributed by atoms with E-state index in [4.69, 9.17) is 39.5 Å². The Bertz CT molecular complexity index is 348. The lowest BCUT2D eigenvalue weighted by molar-refractivity contribution is -0.155. The standard InChI is InChI=1S/C12H17Cl3O2/c1-10(2)7-4-5-11(10,3)8(6-7)17-9(16)12(13,14)15/h7-8H,4-6H2,1-3H3/t7-,8+,11-/m0/s1. The Morgan fingerprint density at radius 2 is 1.88 bits per heavy atom. The van der Waals surface area contributed by atoms with Gasteiger partial charge in [0.25, 0.3) is 3.79 Å². The maximum Gasteiger partial charge on any atom is 0.358 e. The third-order valence-corrected chi connectivity index (χ3v) is 5.66. The highest BCUT2D eigenvalue weighted by molar-refractivity contribution is 6.75. The molecule has 0 radical (unpaired) electrons. The lowest BCUT2D eigenvalue weighted by Gasteiger charge is -2.38. The van der Waals surface area contributed by atoms with Crippen molar-refractivity contribution in [3.05, 3.63) is 0 Å². The van der Waals surface area contributed by atoms with Gasteiger partial charge in [-0.1, -0.05) is 55.6 Å². The van der Waals surface area contributed by atoms with Crippen LogP contribution < -0.4 is 0 Å². The van der Waals surface area contributed by atoms with Crippen LogP contribution in [0.4, 0.5) is 0 Å². The van der Waals surface area contributed by atoms with Gasteiger partial charge in [-0.05, 0) is 30.6 Å². The molecule has 2 aliphatic rings. The van der Waals surface area contributed by atoms with E-state index in [1.165, 1.54) is 6.42 Å². The molecular formula is C12H17Cl3O2. The Kier molecular flexibility index (Phi) is 3.17. The van der Waals surface area contributed by atoms with Crippen LogP contribution in [0.5, 0.6) is 0 Å². The van der Waals surface area contributed by atoms with Gasteiger partial charge in [-0.2, -0.15) is 0 Å². The molecule has 2 rings (SSSR count). The average molecular weight is 300 g/mol. The van der Waals surface area contributed by atoms with Crippen molar-refractivity contribution in [3.8, 4) is 0 Å². The van der Waals surface area contributed by atoms with Crippen molar-refractivity contribution in [2.24, 2.45) is 16.7 Å². The second-order valence-corrected chi connectivity index (χ2v) is 8.28. The number of fused-ring (bicyclic) bond motifs is 2. The van der Waals surface area contributed by atoms with Crippen molar-refractivity contribution in [1.29, 1.82) is 0 Å². The third-order valence-electron chi connectivity index (χ3n) is 5.19. The van der Waals surface area contributed by atoms with Gasteiger partial charge in [-0.25, -0.2) is 4.79 Å². The molecule has 0 aliphatic heterocycles. The highest BCUT2D eigenvalue weighted by atomic mass is 35.6. The monoisotopic (exact) mass is 298 g/mol. The number of carbonyl (C=O) groups is 1. The number of hydrogen-bond acceptors (Lipinski definition) is 2. The Balaban J connectivity index is 2.14. The number of esters is 1. The van der Waals surface area contributed by atoms with Gasteiger partial charge in [-0.3, -0.25) is 0 Å². The number of alkyl halides is 3. The highest BCUT2D eigenvalue weighted by Gasteiger charge is 2.63. The van der Waals surface area contributed by atoms with Gasteiger partial charge in [0.15, 0.2) is 0 Å². The van der Waals surface area contributed by atoms with Crippen LogP contribution in [0, 0.1) is 16.7 Å². The van der Waals surface area contributed by atoms with Crippen molar-refractivity contribution >= 4 is 40.8 Å². The summed E-state index contributed by atoms with van der Waals surface area (Å²) in [5, 5.41) is 0.